The normalized spacial score (nSPS) is 9.42. The summed E-state index contributed by atoms with van der Waals surface area (Å²) >= 11 is 0. The highest BCUT2D eigenvalue weighted by molar-refractivity contribution is 5.89. The van der Waals surface area contributed by atoms with E-state index in [0.29, 0.717) is 18.8 Å². The van der Waals surface area contributed by atoms with Crippen LogP contribution in [0.1, 0.15) is 6.42 Å². The molecule has 0 unspecified atom stereocenters. The van der Waals surface area contributed by atoms with Crippen molar-refractivity contribution in [1.82, 2.24) is 9.97 Å². The zero-order valence-electron chi connectivity index (χ0n) is 6.53. The van der Waals surface area contributed by atoms with E-state index in [4.69, 9.17) is 5.73 Å². The second kappa shape index (κ2) is 4.40. The fourth-order valence-electron chi connectivity index (χ4n) is 0.701. The molecule has 0 atom stereocenters. The van der Waals surface area contributed by atoms with Gasteiger partial charge in [-0.1, -0.05) is 0 Å². The number of rotatable bonds is 3. The van der Waals surface area contributed by atoms with Gasteiger partial charge in [-0.15, -0.1) is 0 Å². The maximum absolute atomic E-state index is 11.0. The first-order valence-electron chi connectivity index (χ1n) is 3.59. The lowest BCUT2D eigenvalue weighted by Crippen LogP contribution is -2.16. The molecule has 1 heterocycles. The Kier molecular flexibility index (Phi) is 3.16. The van der Waals surface area contributed by atoms with Crippen molar-refractivity contribution in [3.05, 3.63) is 18.6 Å². The van der Waals surface area contributed by atoms with Gasteiger partial charge < -0.3 is 11.1 Å². The van der Waals surface area contributed by atoms with E-state index in [0.717, 1.165) is 0 Å². The quantitative estimate of drug-likeness (QED) is 0.649. The summed E-state index contributed by atoms with van der Waals surface area (Å²) in [5.41, 5.74) is 5.19. The molecule has 0 aliphatic heterocycles. The molecule has 64 valence electrons. The third kappa shape index (κ3) is 2.63. The molecule has 5 nitrogen and oxygen atoms in total. The topological polar surface area (TPSA) is 80.9 Å². The summed E-state index contributed by atoms with van der Waals surface area (Å²) < 4.78 is 0. The van der Waals surface area contributed by atoms with E-state index in [2.05, 4.69) is 15.3 Å². The van der Waals surface area contributed by atoms with Crippen LogP contribution in [-0.2, 0) is 4.79 Å². The van der Waals surface area contributed by atoms with E-state index in [1.165, 1.54) is 6.33 Å². The molecule has 0 spiro atoms. The maximum atomic E-state index is 11.0. The number of hydrogen-bond donors (Lipinski definition) is 2. The lowest BCUT2D eigenvalue weighted by Gasteiger charge is -2.00. The SMILES string of the molecule is NCCC(=O)Nc1ccncn1. The van der Waals surface area contributed by atoms with E-state index in [-0.39, 0.29) is 5.91 Å². The first-order chi connectivity index (χ1) is 5.83. The molecule has 0 aromatic carbocycles. The van der Waals surface area contributed by atoms with Gasteiger partial charge in [0.2, 0.25) is 5.91 Å². The van der Waals surface area contributed by atoms with Gasteiger partial charge in [0.25, 0.3) is 0 Å². The summed E-state index contributed by atoms with van der Waals surface area (Å²) in [6, 6.07) is 1.62. The van der Waals surface area contributed by atoms with Crippen LogP contribution in [0.2, 0.25) is 0 Å². The van der Waals surface area contributed by atoms with E-state index < -0.39 is 0 Å². The molecular formula is C7H10N4O. The number of anilines is 1. The third-order valence-electron chi connectivity index (χ3n) is 1.22. The number of nitrogens with one attached hydrogen (secondary N) is 1. The molecule has 1 aromatic rings. The standard InChI is InChI=1S/C7H10N4O/c8-3-1-7(12)11-6-2-4-9-5-10-6/h2,4-5H,1,3,8H2,(H,9,10,11,12). The highest BCUT2D eigenvalue weighted by atomic mass is 16.1. The van der Waals surface area contributed by atoms with Gasteiger partial charge in [-0.2, -0.15) is 0 Å². The molecule has 0 aliphatic carbocycles. The maximum Gasteiger partial charge on any atom is 0.226 e. The van der Waals surface area contributed by atoms with Crippen LogP contribution in [0.25, 0.3) is 0 Å². The van der Waals surface area contributed by atoms with Gasteiger partial charge in [-0.3, -0.25) is 4.79 Å². The van der Waals surface area contributed by atoms with Crippen LogP contribution < -0.4 is 11.1 Å². The van der Waals surface area contributed by atoms with Crippen molar-refractivity contribution in [2.75, 3.05) is 11.9 Å². The molecule has 1 rings (SSSR count). The molecule has 12 heavy (non-hydrogen) atoms. The number of carbonyl (C=O) groups is 1. The van der Waals surface area contributed by atoms with Crippen LogP contribution in [0, 0.1) is 0 Å². The largest absolute Gasteiger partial charge is 0.330 e. The van der Waals surface area contributed by atoms with Gasteiger partial charge in [0.05, 0.1) is 0 Å². The van der Waals surface area contributed by atoms with Crippen LogP contribution >= 0.6 is 0 Å². The van der Waals surface area contributed by atoms with Crippen LogP contribution in [0.3, 0.4) is 0 Å². The zero-order chi connectivity index (χ0) is 8.81. The highest BCUT2D eigenvalue weighted by Crippen LogP contribution is 1.97. The lowest BCUT2D eigenvalue weighted by atomic mass is 10.4. The molecule has 0 fully saturated rings. The van der Waals surface area contributed by atoms with Gasteiger partial charge in [-0.25, -0.2) is 9.97 Å². The third-order valence-corrected chi connectivity index (χ3v) is 1.22. The van der Waals surface area contributed by atoms with E-state index in [1.807, 2.05) is 0 Å². The molecule has 3 N–H and O–H groups in total. The smallest absolute Gasteiger partial charge is 0.226 e. The Morgan fingerprint density at radius 2 is 2.50 bits per heavy atom. The fraction of sp³-hybridized carbons (Fsp3) is 0.286. The van der Waals surface area contributed by atoms with Gasteiger partial charge in [0.15, 0.2) is 0 Å². The molecule has 0 radical (unpaired) electrons. The molecule has 1 aromatic heterocycles. The predicted molar refractivity (Wildman–Crippen MR) is 44.3 cm³/mol. The molecule has 0 aliphatic rings. The Balaban J connectivity index is 2.47. The summed E-state index contributed by atoms with van der Waals surface area (Å²) in [6.07, 6.45) is 3.24. The van der Waals surface area contributed by atoms with Crippen LogP contribution in [0.15, 0.2) is 18.6 Å². The predicted octanol–water partition coefficient (Wildman–Crippen LogP) is -0.236. The number of amides is 1. The van der Waals surface area contributed by atoms with Crippen LogP contribution in [0.4, 0.5) is 5.82 Å². The van der Waals surface area contributed by atoms with Crippen LogP contribution in [0.5, 0.6) is 0 Å². The summed E-state index contributed by atoms with van der Waals surface area (Å²) in [5.74, 6) is 0.375. The van der Waals surface area contributed by atoms with E-state index in [1.54, 1.807) is 12.3 Å². The zero-order valence-corrected chi connectivity index (χ0v) is 6.53. The average Bonchev–Trinajstić information content (AvgIpc) is 2.06. The Morgan fingerprint density at radius 1 is 1.67 bits per heavy atom. The van der Waals surface area contributed by atoms with Crippen molar-refractivity contribution < 1.29 is 4.79 Å². The first-order valence-corrected chi connectivity index (χ1v) is 3.59. The summed E-state index contributed by atoms with van der Waals surface area (Å²) in [4.78, 5) is 18.5. The first kappa shape index (κ1) is 8.61. The van der Waals surface area contributed by atoms with Crippen molar-refractivity contribution in [1.29, 1.82) is 0 Å². The Labute approximate surface area is 70.0 Å². The van der Waals surface area contributed by atoms with Crippen molar-refractivity contribution in [2.45, 2.75) is 6.42 Å². The molecule has 0 saturated carbocycles. The second-order valence-corrected chi connectivity index (χ2v) is 2.18. The van der Waals surface area contributed by atoms with Crippen molar-refractivity contribution in [2.24, 2.45) is 5.73 Å². The van der Waals surface area contributed by atoms with Gasteiger partial charge in [0.1, 0.15) is 12.1 Å². The lowest BCUT2D eigenvalue weighted by molar-refractivity contribution is -0.116. The van der Waals surface area contributed by atoms with E-state index in [9.17, 15) is 4.79 Å². The van der Waals surface area contributed by atoms with Crippen LogP contribution in [-0.4, -0.2) is 22.4 Å². The minimum absolute atomic E-state index is 0.129. The fourth-order valence-corrected chi connectivity index (χ4v) is 0.701. The van der Waals surface area contributed by atoms with Gasteiger partial charge >= 0.3 is 0 Å². The summed E-state index contributed by atoms with van der Waals surface area (Å²) in [7, 11) is 0. The summed E-state index contributed by atoms with van der Waals surface area (Å²) in [5, 5.41) is 2.57. The minimum Gasteiger partial charge on any atom is -0.330 e. The second-order valence-electron chi connectivity index (χ2n) is 2.18. The van der Waals surface area contributed by atoms with Gasteiger partial charge in [0, 0.05) is 19.2 Å². The Morgan fingerprint density at radius 3 is 3.08 bits per heavy atom. The number of nitrogens with zero attached hydrogens (tertiary/aromatic N) is 2. The Hall–Kier alpha value is -1.49. The highest BCUT2D eigenvalue weighted by Gasteiger charge is 1.99. The van der Waals surface area contributed by atoms with Crippen molar-refractivity contribution in [3.8, 4) is 0 Å². The Bertz CT molecular complexity index is 249. The minimum atomic E-state index is -0.129. The van der Waals surface area contributed by atoms with Crippen molar-refractivity contribution >= 4 is 11.7 Å². The molecule has 0 saturated heterocycles. The molecular weight excluding hydrogens is 156 g/mol. The number of hydrogen-bond acceptors (Lipinski definition) is 4. The molecule has 1 amide bonds. The molecule has 5 heteroatoms. The van der Waals surface area contributed by atoms with Crippen molar-refractivity contribution in [3.63, 3.8) is 0 Å². The molecule has 0 bridgehead atoms. The number of aromatic nitrogens is 2. The van der Waals surface area contributed by atoms with Gasteiger partial charge in [-0.05, 0) is 6.07 Å². The van der Waals surface area contributed by atoms with E-state index >= 15 is 0 Å². The monoisotopic (exact) mass is 166 g/mol. The number of carbonyl (C=O) groups excluding carboxylic acids is 1. The average molecular weight is 166 g/mol. The number of nitrogens with two attached hydrogens (primary N) is 1. The summed E-state index contributed by atoms with van der Waals surface area (Å²) in [6.45, 7) is 0.344.